The summed E-state index contributed by atoms with van der Waals surface area (Å²) in [5, 5.41) is 22.4. The van der Waals surface area contributed by atoms with E-state index in [1.54, 1.807) is 25.3 Å². The van der Waals surface area contributed by atoms with Gasteiger partial charge in [-0.1, -0.05) is 24.3 Å². The Morgan fingerprint density at radius 1 is 1.00 bits per heavy atom. The van der Waals surface area contributed by atoms with Crippen molar-refractivity contribution in [3.63, 3.8) is 0 Å². The molecule has 2 atom stereocenters. The largest absolute Gasteiger partial charge is 0.508 e. The van der Waals surface area contributed by atoms with Crippen molar-refractivity contribution in [3.05, 3.63) is 59.7 Å². The van der Waals surface area contributed by atoms with E-state index < -0.39 is 0 Å². The molecule has 2 unspecified atom stereocenters. The van der Waals surface area contributed by atoms with Crippen LogP contribution in [0.15, 0.2) is 48.5 Å². The van der Waals surface area contributed by atoms with Crippen LogP contribution in [0.3, 0.4) is 0 Å². The summed E-state index contributed by atoms with van der Waals surface area (Å²) in [6, 6.07) is 14.7. The van der Waals surface area contributed by atoms with Gasteiger partial charge in [-0.3, -0.25) is 0 Å². The molecule has 0 fully saturated rings. The molecule has 0 saturated carbocycles. The van der Waals surface area contributed by atoms with E-state index in [0.29, 0.717) is 16.9 Å². The summed E-state index contributed by atoms with van der Waals surface area (Å²) < 4.78 is 11.3. The lowest BCUT2D eigenvalue weighted by Gasteiger charge is -2.32. The van der Waals surface area contributed by atoms with E-state index >= 15 is 0 Å². The lowest BCUT2D eigenvalue weighted by molar-refractivity contribution is 0.181. The van der Waals surface area contributed by atoms with Gasteiger partial charge >= 0.3 is 0 Å². The molecule has 0 radical (unpaired) electrons. The van der Waals surface area contributed by atoms with Gasteiger partial charge in [-0.05, 0) is 48.6 Å². The summed E-state index contributed by atoms with van der Waals surface area (Å²) in [5.74, 6) is 1.75. The average Bonchev–Trinajstić information content (AvgIpc) is 2.61. The van der Waals surface area contributed by atoms with Gasteiger partial charge in [0.2, 0.25) is 0 Å². The van der Waals surface area contributed by atoms with Crippen LogP contribution in [-0.4, -0.2) is 23.4 Å². The summed E-state index contributed by atoms with van der Waals surface area (Å²) in [6.45, 7) is 2.03. The predicted molar refractivity (Wildman–Crippen MR) is 96.8 cm³/mol. The summed E-state index contributed by atoms with van der Waals surface area (Å²) in [5.41, 5.74) is 1.85. The summed E-state index contributed by atoms with van der Waals surface area (Å²) in [7, 11) is 1.60. The standard InChI is InChI=1S/C21H20O4/c1-12-11-15(21-16(22)6-4-8-19(21)25-12)13-9-10-17(23)20-14(13)5-3-7-18(20)24-2/h3-10,12,15,22-23H,11H2,1-2H3. The number of hydrogen-bond acceptors (Lipinski definition) is 4. The molecule has 0 aromatic heterocycles. The molecule has 0 bridgehead atoms. The van der Waals surface area contributed by atoms with Crippen molar-refractivity contribution >= 4 is 10.8 Å². The van der Waals surface area contributed by atoms with Crippen LogP contribution in [-0.2, 0) is 0 Å². The van der Waals surface area contributed by atoms with E-state index in [4.69, 9.17) is 9.47 Å². The van der Waals surface area contributed by atoms with Crippen molar-refractivity contribution in [1.29, 1.82) is 0 Å². The number of aromatic hydroxyl groups is 2. The van der Waals surface area contributed by atoms with Gasteiger partial charge in [-0.15, -0.1) is 0 Å². The number of ether oxygens (including phenoxy) is 2. The number of rotatable bonds is 2. The molecule has 1 heterocycles. The molecule has 25 heavy (non-hydrogen) atoms. The Balaban J connectivity index is 1.99. The SMILES string of the molecule is COc1cccc2c(C3CC(C)Oc4cccc(O)c43)ccc(O)c12. The summed E-state index contributed by atoms with van der Waals surface area (Å²) in [6.07, 6.45) is 0.788. The maximum atomic E-state index is 10.4. The number of phenolic OH excluding ortho intramolecular Hbond substituents is 2. The van der Waals surface area contributed by atoms with Gasteiger partial charge in [0, 0.05) is 11.5 Å². The smallest absolute Gasteiger partial charge is 0.130 e. The molecular weight excluding hydrogens is 316 g/mol. The van der Waals surface area contributed by atoms with Crippen LogP contribution in [0.1, 0.15) is 30.4 Å². The molecule has 4 rings (SSSR count). The lowest BCUT2D eigenvalue weighted by Crippen LogP contribution is -2.23. The van der Waals surface area contributed by atoms with Crippen LogP contribution in [0.2, 0.25) is 0 Å². The second kappa shape index (κ2) is 5.88. The third-order valence-corrected chi connectivity index (χ3v) is 4.90. The van der Waals surface area contributed by atoms with E-state index in [1.807, 2.05) is 37.3 Å². The molecule has 4 nitrogen and oxygen atoms in total. The molecule has 1 aliphatic heterocycles. The van der Waals surface area contributed by atoms with Crippen molar-refractivity contribution in [2.75, 3.05) is 7.11 Å². The maximum absolute atomic E-state index is 10.4. The Morgan fingerprint density at radius 3 is 2.60 bits per heavy atom. The normalized spacial score (nSPS) is 19.3. The predicted octanol–water partition coefficient (Wildman–Crippen LogP) is 4.56. The molecule has 0 amide bonds. The number of fused-ring (bicyclic) bond motifs is 2. The molecule has 3 aromatic carbocycles. The minimum absolute atomic E-state index is 0.0184. The van der Waals surface area contributed by atoms with Crippen molar-refractivity contribution in [3.8, 4) is 23.0 Å². The minimum atomic E-state index is -0.0184. The monoisotopic (exact) mass is 336 g/mol. The highest BCUT2D eigenvalue weighted by Gasteiger charge is 2.31. The van der Waals surface area contributed by atoms with Gasteiger partial charge < -0.3 is 19.7 Å². The van der Waals surface area contributed by atoms with Gasteiger partial charge in [-0.2, -0.15) is 0 Å². The third kappa shape index (κ3) is 2.45. The molecule has 2 N–H and O–H groups in total. The Kier molecular flexibility index (Phi) is 3.68. The van der Waals surface area contributed by atoms with Crippen molar-refractivity contribution in [2.45, 2.75) is 25.4 Å². The molecule has 1 aliphatic rings. The van der Waals surface area contributed by atoms with Crippen LogP contribution in [0.25, 0.3) is 10.8 Å². The van der Waals surface area contributed by atoms with Crippen molar-refractivity contribution in [1.82, 2.24) is 0 Å². The fourth-order valence-corrected chi connectivity index (χ4v) is 3.83. The zero-order valence-electron chi connectivity index (χ0n) is 14.2. The third-order valence-electron chi connectivity index (χ3n) is 4.90. The van der Waals surface area contributed by atoms with Crippen molar-refractivity contribution in [2.24, 2.45) is 0 Å². The Bertz CT molecular complexity index is 948. The Morgan fingerprint density at radius 2 is 1.80 bits per heavy atom. The summed E-state index contributed by atoms with van der Waals surface area (Å²) in [4.78, 5) is 0. The van der Waals surface area contributed by atoms with E-state index in [1.165, 1.54) is 0 Å². The lowest BCUT2D eigenvalue weighted by atomic mass is 9.81. The molecule has 128 valence electrons. The first-order valence-corrected chi connectivity index (χ1v) is 8.37. The molecule has 0 saturated heterocycles. The molecule has 0 aliphatic carbocycles. The zero-order chi connectivity index (χ0) is 17.6. The highest BCUT2D eigenvalue weighted by Crippen LogP contribution is 2.48. The van der Waals surface area contributed by atoms with Gasteiger partial charge in [0.25, 0.3) is 0 Å². The van der Waals surface area contributed by atoms with Crippen LogP contribution in [0.5, 0.6) is 23.0 Å². The second-order valence-electron chi connectivity index (χ2n) is 6.46. The first-order valence-electron chi connectivity index (χ1n) is 8.37. The van der Waals surface area contributed by atoms with E-state index in [0.717, 1.165) is 22.9 Å². The summed E-state index contributed by atoms with van der Waals surface area (Å²) >= 11 is 0. The number of methoxy groups -OCH3 is 1. The maximum Gasteiger partial charge on any atom is 0.130 e. The van der Waals surface area contributed by atoms with Crippen LogP contribution in [0.4, 0.5) is 0 Å². The second-order valence-corrected chi connectivity index (χ2v) is 6.46. The highest BCUT2D eigenvalue weighted by atomic mass is 16.5. The first-order chi connectivity index (χ1) is 12.1. The molecule has 0 spiro atoms. The highest BCUT2D eigenvalue weighted by molar-refractivity contribution is 5.96. The van der Waals surface area contributed by atoms with E-state index in [-0.39, 0.29) is 23.5 Å². The Hall–Kier alpha value is -2.88. The average molecular weight is 336 g/mol. The van der Waals surface area contributed by atoms with Crippen molar-refractivity contribution < 1.29 is 19.7 Å². The Labute approximate surface area is 146 Å². The van der Waals surface area contributed by atoms with Gasteiger partial charge in [-0.25, -0.2) is 0 Å². The number of hydrogen-bond donors (Lipinski definition) is 2. The van der Waals surface area contributed by atoms with Crippen LogP contribution < -0.4 is 9.47 Å². The number of phenols is 2. The van der Waals surface area contributed by atoms with Gasteiger partial charge in [0.1, 0.15) is 23.0 Å². The fraction of sp³-hybridized carbons (Fsp3) is 0.238. The number of benzene rings is 3. The van der Waals surface area contributed by atoms with Gasteiger partial charge in [0.15, 0.2) is 0 Å². The fourth-order valence-electron chi connectivity index (χ4n) is 3.83. The van der Waals surface area contributed by atoms with Crippen LogP contribution in [0, 0.1) is 0 Å². The first kappa shape index (κ1) is 15.6. The zero-order valence-corrected chi connectivity index (χ0v) is 14.2. The van der Waals surface area contributed by atoms with E-state index in [9.17, 15) is 10.2 Å². The molecule has 4 heteroatoms. The van der Waals surface area contributed by atoms with Gasteiger partial charge in [0.05, 0.1) is 18.6 Å². The van der Waals surface area contributed by atoms with E-state index in [2.05, 4.69) is 0 Å². The van der Waals surface area contributed by atoms with Crippen LogP contribution >= 0.6 is 0 Å². The molecule has 3 aromatic rings. The molecular formula is C21H20O4. The quantitative estimate of drug-likeness (QED) is 0.720. The topological polar surface area (TPSA) is 58.9 Å². The minimum Gasteiger partial charge on any atom is -0.508 e.